The van der Waals surface area contributed by atoms with Crippen LogP contribution in [0, 0.1) is 5.41 Å². The summed E-state index contributed by atoms with van der Waals surface area (Å²) < 4.78 is 5.23. The highest BCUT2D eigenvalue weighted by molar-refractivity contribution is 7.80. The van der Waals surface area contributed by atoms with Gasteiger partial charge in [0.1, 0.15) is 5.60 Å². The van der Waals surface area contributed by atoms with Crippen LogP contribution < -0.4 is 10.6 Å². The first-order valence-electron chi connectivity index (χ1n) is 8.19. The van der Waals surface area contributed by atoms with Gasteiger partial charge < -0.3 is 20.5 Å². The predicted octanol–water partition coefficient (Wildman–Crippen LogP) is 2.43. The van der Waals surface area contributed by atoms with E-state index in [4.69, 9.17) is 4.74 Å². The first kappa shape index (κ1) is 20.1. The molecule has 1 saturated carbocycles. The molecule has 1 fully saturated rings. The number of amides is 1. The molecule has 0 aromatic carbocycles. The van der Waals surface area contributed by atoms with Gasteiger partial charge in [-0.1, -0.05) is 0 Å². The number of alkyl carbamates (subject to hydrolysis) is 1. The molecule has 1 aliphatic carbocycles. The Morgan fingerprint density at radius 3 is 2.39 bits per heavy atom. The van der Waals surface area contributed by atoms with E-state index in [2.05, 4.69) is 23.3 Å². The van der Waals surface area contributed by atoms with Gasteiger partial charge in [0, 0.05) is 24.9 Å². The van der Waals surface area contributed by atoms with Crippen molar-refractivity contribution in [3.05, 3.63) is 0 Å². The second-order valence-electron chi connectivity index (χ2n) is 7.38. The van der Waals surface area contributed by atoms with Gasteiger partial charge in [0.25, 0.3) is 0 Å². The first-order valence-corrected chi connectivity index (χ1v) is 8.82. The maximum Gasteiger partial charge on any atom is 0.407 e. The van der Waals surface area contributed by atoms with E-state index in [9.17, 15) is 14.7 Å². The van der Waals surface area contributed by atoms with E-state index in [0.717, 1.165) is 38.0 Å². The van der Waals surface area contributed by atoms with Gasteiger partial charge in [0.15, 0.2) is 0 Å². The summed E-state index contributed by atoms with van der Waals surface area (Å²) in [5, 5.41) is 15.4. The van der Waals surface area contributed by atoms with Crippen LogP contribution in [0.3, 0.4) is 0 Å². The molecular formula is C16H30N2O4S. The largest absolute Gasteiger partial charge is 0.481 e. The average molecular weight is 346 g/mol. The summed E-state index contributed by atoms with van der Waals surface area (Å²) in [5.41, 5.74) is -0.944. The summed E-state index contributed by atoms with van der Waals surface area (Å²) in [6, 6.07) is 0.408. The number of carboxylic acid groups (broad SMARTS) is 1. The Morgan fingerprint density at radius 2 is 1.91 bits per heavy atom. The topological polar surface area (TPSA) is 87.7 Å². The lowest BCUT2D eigenvalue weighted by Crippen LogP contribution is -2.46. The molecule has 0 aromatic rings. The molecule has 0 spiro atoms. The fourth-order valence-electron chi connectivity index (χ4n) is 3.01. The maximum atomic E-state index is 11.8. The number of carboxylic acids is 1. The van der Waals surface area contributed by atoms with Gasteiger partial charge in [0.2, 0.25) is 0 Å². The smallest absolute Gasteiger partial charge is 0.407 e. The van der Waals surface area contributed by atoms with E-state index in [1.54, 1.807) is 20.8 Å². The minimum atomic E-state index is -0.822. The highest BCUT2D eigenvalue weighted by Gasteiger charge is 2.37. The average Bonchev–Trinajstić information content (AvgIpc) is 2.42. The number of ether oxygens (including phenoxy) is 1. The normalized spacial score (nSPS) is 25.0. The zero-order valence-electron chi connectivity index (χ0n) is 14.4. The van der Waals surface area contributed by atoms with E-state index in [-0.39, 0.29) is 11.8 Å². The summed E-state index contributed by atoms with van der Waals surface area (Å²) >= 11 is 4.19. The lowest BCUT2D eigenvalue weighted by molar-refractivity contribution is -0.140. The van der Waals surface area contributed by atoms with E-state index < -0.39 is 17.7 Å². The van der Waals surface area contributed by atoms with E-state index in [0.29, 0.717) is 12.6 Å². The molecule has 0 heterocycles. The summed E-state index contributed by atoms with van der Waals surface area (Å²) in [5.74, 6) is -0.0329. The molecule has 6 nitrogen and oxygen atoms in total. The number of rotatable bonds is 7. The quantitative estimate of drug-likeness (QED) is 0.532. The third-order valence-corrected chi connectivity index (χ3v) is 4.35. The van der Waals surface area contributed by atoms with Gasteiger partial charge in [-0.2, -0.15) is 12.6 Å². The molecule has 3 N–H and O–H groups in total. The Balaban J connectivity index is 2.56. The number of thiol groups is 1. The van der Waals surface area contributed by atoms with Gasteiger partial charge in [-0.3, -0.25) is 4.79 Å². The monoisotopic (exact) mass is 346 g/mol. The molecule has 0 atom stereocenters. The third kappa shape index (κ3) is 7.92. The Morgan fingerprint density at radius 1 is 1.30 bits per heavy atom. The van der Waals surface area contributed by atoms with Crippen LogP contribution in [0.2, 0.25) is 0 Å². The van der Waals surface area contributed by atoms with Crippen molar-refractivity contribution in [3.8, 4) is 0 Å². The summed E-state index contributed by atoms with van der Waals surface area (Å²) in [6.07, 6.45) is 2.96. The Kier molecular flexibility index (Phi) is 7.67. The molecule has 1 aliphatic rings. The first-order chi connectivity index (χ1) is 10.7. The Labute approximate surface area is 144 Å². The molecule has 0 aromatic heterocycles. The van der Waals surface area contributed by atoms with E-state index in [1.165, 1.54) is 0 Å². The van der Waals surface area contributed by atoms with Crippen molar-refractivity contribution in [1.82, 2.24) is 10.6 Å². The minimum absolute atomic E-state index is 0.0715. The lowest BCUT2D eigenvalue weighted by Gasteiger charge is -2.39. The number of hydrogen-bond donors (Lipinski definition) is 4. The second-order valence-corrected chi connectivity index (χ2v) is 7.83. The number of hydrogen-bond acceptors (Lipinski definition) is 5. The molecule has 0 radical (unpaired) electrons. The van der Waals surface area contributed by atoms with Crippen molar-refractivity contribution < 1.29 is 19.4 Å². The maximum absolute atomic E-state index is 11.8. The van der Waals surface area contributed by atoms with Crippen molar-refractivity contribution in [2.24, 2.45) is 5.41 Å². The van der Waals surface area contributed by atoms with Crippen LogP contribution in [0.1, 0.15) is 52.9 Å². The van der Waals surface area contributed by atoms with Crippen LogP contribution in [0.25, 0.3) is 0 Å². The van der Waals surface area contributed by atoms with Crippen LogP contribution in [0.5, 0.6) is 0 Å². The standard InChI is InChI=1S/C16H30N2O4S/c1-15(2,3)22-14(21)18-11-16(10-13(19)20)6-4-12(5-7-16)17-8-9-23/h12,17,23H,4-11H2,1-3H3,(H,18,21)(H,19,20). The van der Waals surface area contributed by atoms with Gasteiger partial charge >= 0.3 is 12.1 Å². The van der Waals surface area contributed by atoms with Crippen molar-refractivity contribution in [3.63, 3.8) is 0 Å². The zero-order chi connectivity index (χ0) is 17.5. The SMILES string of the molecule is CC(C)(C)OC(=O)NCC1(CC(=O)O)CCC(NCCS)CC1. The van der Waals surface area contributed by atoms with Gasteiger partial charge in [-0.15, -0.1) is 0 Å². The summed E-state index contributed by atoms with van der Waals surface area (Å²) in [4.78, 5) is 23.1. The number of nitrogens with one attached hydrogen (secondary N) is 2. The molecule has 0 aliphatic heterocycles. The summed E-state index contributed by atoms with van der Waals surface area (Å²) in [6.45, 7) is 6.61. The molecule has 23 heavy (non-hydrogen) atoms. The van der Waals surface area contributed by atoms with Crippen molar-refractivity contribution in [1.29, 1.82) is 0 Å². The fraction of sp³-hybridized carbons (Fsp3) is 0.875. The molecular weight excluding hydrogens is 316 g/mol. The van der Waals surface area contributed by atoms with Gasteiger partial charge in [-0.05, 0) is 51.9 Å². The Hall–Kier alpha value is -0.950. The van der Waals surface area contributed by atoms with E-state index in [1.807, 2.05) is 0 Å². The molecule has 1 amide bonds. The zero-order valence-corrected chi connectivity index (χ0v) is 15.2. The van der Waals surface area contributed by atoms with Gasteiger partial charge in [-0.25, -0.2) is 4.79 Å². The van der Waals surface area contributed by atoms with Gasteiger partial charge in [0.05, 0.1) is 6.42 Å². The summed E-state index contributed by atoms with van der Waals surface area (Å²) in [7, 11) is 0. The highest BCUT2D eigenvalue weighted by Crippen LogP contribution is 2.39. The highest BCUT2D eigenvalue weighted by atomic mass is 32.1. The van der Waals surface area contributed by atoms with Crippen molar-refractivity contribution >= 4 is 24.7 Å². The van der Waals surface area contributed by atoms with Crippen LogP contribution in [0.15, 0.2) is 0 Å². The number of carbonyl (C=O) groups is 2. The Bertz CT molecular complexity index is 401. The lowest BCUT2D eigenvalue weighted by atomic mass is 9.70. The van der Waals surface area contributed by atoms with Crippen LogP contribution in [0.4, 0.5) is 4.79 Å². The molecule has 7 heteroatoms. The second kappa shape index (κ2) is 8.78. The molecule has 1 rings (SSSR count). The van der Waals surface area contributed by atoms with Crippen LogP contribution in [-0.4, -0.2) is 47.7 Å². The third-order valence-electron chi connectivity index (χ3n) is 4.12. The molecule has 0 unspecified atom stereocenters. The van der Waals surface area contributed by atoms with Crippen molar-refractivity contribution in [2.75, 3.05) is 18.8 Å². The van der Waals surface area contributed by atoms with Crippen LogP contribution >= 0.6 is 12.6 Å². The van der Waals surface area contributed by atoms with Crippen LogP contribution in [-0.2, 0) is 9.53 Å². The van der Waals surface area contributed by atoms with E-state index >= 15 is 0 Å². The molecule has 0 saturated heterocycles. The fourth-order valence-corrected chi connectivity index (χ4v) is 3.14. The number of carbonyl (C=O) groups excluding carboxylic acids is 1. The molecule has 134 valence electrons. The minimum Gasteiger partial charge on any atom is -0.481 e. The molecule has 0 bridgehead atoms. The van der Waals surface area contributed by atoms with Crippen molar-refractivity contribution in [2.45, 2.75) is 64.5 Å². The number of aliphatic carboxylic acids is 1. The predicted molar refractivity (Wildman–Crippen MR) is 93.0 cm³/mol.